The van der Waals surface area contributed by atoms with Crippen LogP contribution < -0.4 is 0 Å². The van der Waals surface area contributed by atoms with E-state index in [1.54, 1.807) is 20.8 Å². The van der Waals surface area contributed by atoms with Gasteiger partial charge >= 0.3 is 12.6 Å². The van der Waals surface area contributed by atoms with E-state index in [1.165, 1.54) is 6.08 Å². The number of hydrogen-bond donors (Lipinski definition) is 0. The van der Waals surface area contributed by atoms with Crippen LogP contribution in [-0.4, -0.2) is 49.6 Å². The van der Waals surface area contributed by atoms with Crippen LogP contribution in [0.15, 0.2) is 16.8 Å². The molecule has 1 aliphatic heterocycles. The van der Waals surface area contributed by atoms with Gasteiger partial charge in [-0.1, -0.05) is 0 Å². The molecule has 0 saturated carbocycles. The van der Waals surface area contributed by atoms with Gasteiger partial charge < -0.3 is 14.4 Å². The minimum atomic E-state index is -2.88. The zero-order chi connectivity index (χ0) is 15.8. The summed E-state index contributed by atoms with van der Waals surface area (Å²) in [6.07, 6.45) is 1.89. The lowest BCUT2D eigenvalue weighted by molar-refractivity contribution is -0.145. The topological polar surface area (TPSA) is 51.1 Å². The first kappa shape index (κ1) is 17.4. The number of aliphatic imine (C=N–C) groups is 1. The minimum Gasteiger partial charge on any atom is -0.466 e. The molecule has 21 heavy (non-hydrogen) atoms. The maximum absolute atomic E-state index is 12.2. The third kappa shape index (κ3) is 6.10. The molecule has 0 aromatic heterocycles. The summed E-state index contributed by atoms with van der Waals surface area (Å²) >= 11 is 0. The Morgan fingerprint density at radius 2 is 2.10 bits per heavy atom. The van der Waals surface area contributed by atoms with Crippen molar-refractivity contribution >= 4 is 11.9 Å². The number of likely N-dealkylation sites (tertiary alicyclic amines) is 1. The van der Waals surface area contributed by atoms with E-state index in [0.717, 1.165) is 5.70 Å². The van der Waals surface area contributed by atoms with E-state index < -0.39 is 6.61 Å². The molecule has 1 heterocycles. The van der Waals surface area contributed by atoms with Crippen molar-refractivity contribution in [2.75, 3.05) is 26.2 Å². The maximum Gasteiger partial charge on any atom is 0.388 e. The average molecular weight is 304 g/mol. The van der Waals surface area contributed by atoms with Crippen molar-refractivity contribution in [1.29, 1.82) is 0 Å². The number of ether oxygens (including phenoxy) is 2. The van der Waals surface area contributed by atoms with E-state index in [9.17, 15) is 13.6 Å². The third-order valence-electron chi connectivity index (χ3n) is 3.07. The third-order valence-corrected chi connectivity index (χ3v) is 3.07. The molecule has 0 aromatic rings. The number of carbonyl (C=O) groups is 1. The van der Waals surface area contributed by atoms with E-state index in [1.807, 2.05) is 4.90 Å². The Hall–Kier alpha value is -1.66. The highest BCUT2D eigenvalue weighted by Gasteiger charge is 2.29. The molecule has 1 rings (SSSR count). The molecule has 1 saturated heterocycles. The lowest BCUT2D eigenvalue weighted by Crippen LogP contribution is -2.46. The molecule has 0 aliphatic carbocycles. The summed E-state index contributed by atoms with van der Waals surface area (Å²) in [5.41, 5.74) is 0.794. The molecule has 0 spiro atoms. The number of allylic oxidation sites excluding steroid dienone is 1. The van der Waals surface area contributed by atoms with Gasteiger partial charge in [0, 0.05) is 37.3 Å². The highest BCUT2D eigenvalue weighted by Crippen LogP contribution is 2.24. The Bertz CT molecular complexity index is 405. The van der Waals surface area contributed by atoms with Crippen molar-refractivity contribution in [3.63, 3.8) is 0 Å². The van der Waals surface area contributed by atoms with Gasteiger partial charge in [-0.25, -0.2) is 0 Å². The lowest BCUT2D eigenvalue weighted by Gasteiger charge is -2.41. The van der Waals surface area contributed by atoms with Crippen molar-refractivity contribution in [2.24, 2.45) is 10.9 Å². The van der Waals surface area contributed by atoms with Crippen molar-refractivity contribution in [3.8, 4) is 0 Å². The van der Waals surface area contributed by atoms with Crippen LogP contribution in [0.3, 0.4) is 0 Å². The molecule has 7 heteroatoms. The van der Waals surface area contributed by atoms with Gasteiger partial charge in [0.2, 0.25) is 5.90 Å². The molecule has 0 aromatic carbocycles. The van der Waals surface area contributed by atoms with Crippen molar-refractivity contribution < 1.29 is 23.0 Å². The number of rotatable bonds is 7. The van der Waals surface area contributed by atoms with Crippen LogP contribution in [0.1, 0.15) is 27.2 Å². The van der Waals surface area contributed by atoms with Crippen LogP contribution in [0, 0.1) is 5.92 Å². The highest BCUT2D eigenvalue weighted by molar-refractivity contribution is 5.88. The van der Waals surface area contributed by atoms with Gasteiger partial charge in [-0.2, -0.15) is 8.78 Å². The second-order valence-corrected chi connectivity index (χ2v) is 4.76. The zero-order valence-corrected chi connectivity index (χ0v) is 12.6. The molecule has 0 amide bonds. The van der Waals surface area contributed by atoms with Crippen LogP contribution in [0.2, 0.25) is 0 Å². The number of carbonyl (C=O) groups excluding carboxylic acids is 1. The SMILES string of the molecule is CCN=C(/C=C(\C)N1CC(CC(=O)OCC)C1)OC(F)F. The molecule has 0 unspecified atom stereocenters. The summed E-state index contributed by atoms with van der Waals surface area (Å²) < 4.78 is 33.7. The van der Waals surface area contributed by atoms with Crippen LogP contribution >= 0.6 is 0 Å². The first-order valence-corrected chi connectivity index (χ1v) is 7.04. The summed E-state index contributed by atoms with van der Waals surface area (Å²) in [4.78, 5) is 17.2. The number of alkyl halides is 2. The van der Waals surface area contributed by atoms with Crippen LogP contribution in [0.5, 0.6) is 0 Å². The van der Waals surface area contributed by atoms with Crippen LogP contribution in [0.25, 0.3) is 0 Å². The standard InChI is InChI=1S/C14H22F2N2O3/c1-4-17-12(21-14(15)16)6-10(3)18-8-11(9-18)7-13(19)20-5-2/h6,11,14H,4-5,7-9H2,1-3H3/b10-6+,17-12?. The van der Waals surface area contributed by atoms with E-state index in [4.69, 9.17) is 4.74 Å². The van der Waals surface area contributed by atoms with Gasteiger partial charge in [0.25, 0.3) is 0 Å². The monoisotopic (exact) mass is 304 g/mol. The molecular formula is C14H22F2N2O3. The van der Waals surface area contributed by atoms with Gasteiger partial charge in [0.05, 0.1) is 13.0 Å². The lowest BCUT2D eigenvalue weighted by atomic mass is 9.96. The van der Waals surface area contributed by atoms with Crippen LogP contribution in [0.4, 0.5) is 8.78 Å². The smallest absolute Gasteiger partial charge is 0.388 e. The fourth-order valence-electron chi connectivity index (χ4n) is 2.08. The van der Waals surface area contributed by atoms with Gasteiger partial charge in [0.15, 0.2) is 0 Å². The molecule has 0 bridgehead atoms. The molecule has 0 N–H and O–H groups in total. The van der Waals surface area contributed by atoms with E-state index in [2.05, 4.69) is 9.73 Å². The highest BCUT2D eigenvalue weighted by atomic mass is 19.3. The van der Waals surface area contributed by atoms with Crippen molar-refractivity contribution in [2.45, 2.75) is 33.8 Å². The summed E-state index contributed by atoms with van der Waals surface area (Å²) in [6.45, 7) is 4.61. The molecular weight excluding hydrogens is 282 g/mol. The van der Waals surface area contributed by atoms with E-state index in [-0.39, 0.29) is 17.8 Å². The molecule has 0 radical (unpaired) electrons. The molecule has 0 atom stereocenters. The number of hydrogen-bond acceptors (Lipinski definition) is 5. The fraction of sp³-hybridized carbons (Fsp3) is 0.714. The molecule has 1 fully saturated rings. The number of esters is 1. The fourth-order valence-corrected chi connectivity index (χ4v) is 2.08. The summed E-state index contributed by atoms with van der Waals surface area (Å²) in [6, 6.07) is 0. The summed E-state index contributed by atoms with van der Waals surface area (Å²) in [5, 5.41) is 0. The summed E-state index contributed by atoms with van der Waals surface area (Å²) in [7, 11) is 0. The van der Waals surface area contributed by atoms with Gasteiger partial charge in [-0.15, -0.1) is 0 Å². The van der Waals surface area contributed by atoms with Crippen molar-refractivity contribution in [3.05, 3.63) is 11.8 Å². The first-order valence-electron chi connectivity index (χ1n) is 7.04. The van der Waals surface area contributed by atoms with Crippen LogP contribution in [-0.2, 0) is 14.3 Å². The second kappa shape index (κ2) is 8.59. The zero-order valence-electron chi connectivity index (χ0n) is 12.6. The largest absolute Gasteiger partial charge is 0.466 e. The van der Waals surface area contributed by atoms with E-state index in [0.29, 0.717) is 32.7 Å². The van der Waals surface area contributed by atoms with E-state index >= 15 is 0 Å². The Kier molecular flexibility index (Phi) is 7.11. The number of nitrogens with zero attached hydrogens (tertiary/aromatic N) is 2. The predicted octanol–water partition coefficient (Wildman–Crippen LogP) is 2.43. The van der Waals surface area contributed by atoms with Gasteiger partial charge in [-0.05, 0) is 20.8 Å². The van der Waals surface area contributed by atoms with Crippen molar-refractivity contribution in [1.82, 2.24) is 4.90 Å². The van der Waals surface area contributed by atoms with Gasteiger partial charge in [-0.3, -0.25) is 9.79 Å². The quantitative estimate of drug-likeness (QED) is 0.412. The Labute approximate surface area is 123 Å². The Morgan fingerprint density at radius 3 is 2.62 bits per heavy atom. The second-order valence-electron chi connectivity index (χ2n) is 4.76. The maximum atomic E-state index is 12.2. The Morgan fingerprint density at radius 1 is 1.43 bits per heavy atom. The summed E-state index contributed by atoms with van der Waals surface area (Å²) in [5.74, 6) is -0.0214. The van der Waals surface area contributed by atoms with Gasteiger partial charge in [0.1, 0.15) is 0 Å². The predicted molar refractivity (Wildman–Crippen MR) is 75.1 cm³/mol. The molecule has 5 nitrogen and oxygen atoms in total. The molecule has 120 valence electrons. The first-order chi connectivity index (χ1) is 9.96. The molecule has 1 aliphatic rings. The normalized spacial score (nSPS) is 17.0. The Balaban J connectivity index is 2.46. The minimum absolute atomic E-state index is 0.0705. The average Bonchev–Trinajstić information content (AvgIpc) is 2.32. The number of halogens is 2.